The van der Waals surface area contributed by atoms with Gasteiger partial charge in [-0.05, 0) is 56.5 Å². The Morgan fingerprint density at radius 1 is 1.12 bits per heavy atom. The fraction of sp³-hybridized carbons (Fsp3) is 0.231. The zero-order valence-electron chi connectivity index (χ0n) is 19.6. The highest BCUT2D eigenvalue weighted by molar-refractivity contribution is 7.82. The number of benzene rings is 2. The summed E-state index contributed by atoms with van der Waals surface area (Å²) in [6.45, 7) is 11.6. The first-order valence-electron chi connectivity index (χ1n) is 10.8. The predicted octanol–water partition coefficient (Wildman–Crippen LogP) is 5.84. The van der Waals surface area contributed by atoms with Crippen LogP contribution in [-0.2, 0) is 6.42 Å². The van der Waals surface area contributed by atoms with E-state index >= 15 is 0 Å². The lowest BCUT2D eigenvalue weighted by Crippen LogP contribution is -2.41. The monoisotopic (exact) mass is 481 g/mol. The van der Waals surface area contributed by atoms with Crippen molar-refractivity contribution in [1.29, 1.82) is 0 Å². The fourth-order valence-corrected chi connectivity index (χ4v) is 3.51. The third kappa shape index (κ3) is 6.65. The van der Waals surface area contributed by atoms with E-state index in [0.717, 1.165) is 17.5 Å². The highest BCUT2D eigenvalue weighted by Crippen LogP contribution is 2.29. The Kier molecular flexibility index (Phi) is 9.19. The van der Waals surface area contributed by atoms with Crippen molar-refractivity contribution in [3.8, 4) is 0 Å². The molecule has 174 valence electrons. The van der Waals surface area contributed by atoms with E-state index in [1.165, 1.54) is 5.56 Å². The van der Waals surface area contributed by atoms with Crippen molar-refractivity contribution in [3.63, 3.8) is 0 Å². The summed E-state index contributed by atoms with van der Waals surface area (Å²) in [7, 11) is 0. The lowest BCUT2D eigenvalue weighted by molar-refractivity contribution is -0.000588. The van der Waals surface area contributed by atoms with Crippen LogP contribution >= 0.6 is 25.0 Å². The molecule has 2 aromatic carbocycles. The van der Waals surface area contributed by atoms with Crippen LogP contribution in [-0.4, -0.2) is 21.8 Å². The molecular formula is C26H33N4OS2+. The van der Waals surface area contributed by atoms with Crippen LogP contribution in [0.25, 0.3) is 11.4 Å². The maximum absolute atomic E-state index is 10.5. The van der Waals surface area contributed by atoms with Gasteiger partial charge >= 0.3 is 0 Å². The van der Waals surface area contributed by atoms with Crippen molar-refractivity contribution in [3.05, 3.63) is 89.6 Å². The highest BCUT2D eigenvalue weighted by Gasteiger charge is 2.29. The van der Waals surface area contributed by atoms with Gasteiger partial charge in [0.2, 0.25) is 0 Å². The number of hydrogen-bond acceptors (Lipinski definition) is 6. The van der Waals surface area contributed by atoms with Gasteiger partial charge in [-0.3, -0.25) is 0 Å². The quantitative estimate of drug-likeness (QED) is 0.0905. The number of quaternary nitrogens is 1. The number of rotatable bonds is 9. The second-order valence-electron chi connectivity index (χ2n) is 7.96. The first kappa shape index (κ1) is 26.5. The lowest BCUT2D eigenvalue weighted by atomic mass is 10.1. The van der Waals surface area contributed by atoms with Crippen LogP contribution < -0.4 is 15.5 Å². The van der Waals surface area contributed by atoms with Crippen LogP contribution in [0, 0.1) is 0 Å². The van der Waals surface area contributed by atoms with Gasteiger partial charge < -0.3 is 11.5 Å². The van der Waals surface area contributed by atoms with Crippen molar-refractivity contribution in [1.82, 2.24) is 4.05 Å². The van der Waals surface area contributed by atoms with E-state index in [-0.39, 0.29) is 11.7 Å². The van der Waals surface area contributed by atoms with Gasteiger partial charge in [0, 0.05) is 23.4 Å². The van der Waals surface area contributed by atoms with Crippen LogP contribution in [0.1, 0.15) is 44.4 Å². The molecule has 0 saturated carbocycles. The summed E-state index contributed by atoms with van der Waals surface area (Å²) in [4.78, 5) is 5.09. The van der Waals surface area contributed by atoms with Crippen molar-refractivity contribution >= 4 is 52.7 Å². The maximum atomic E-state index is 10.5. The van der Waals surface area contributed by atoms with Crippen molar-refractivity contribution in [2.24, 2.45) is 16.5 Å². The highest BCUT2D eigenvalue weighted by atomic mass is 32.1. The normalized spacial score (nSPS) is 14.8. The second kappa shape index (κ2) is 11.4. The maximum Gasteiger partial charge on any atom is 0.177 e. The van der Waals surface area contributed by atoms with Gasteiger partial charge in [-0.25, -0.2) is 4.99 Å². The number of allylic oxidation sites excluding steroid dienone is 3. The molecule has 5 N–H and O–H groups in total. The Balaban J connectivity index is 2.36. The molecule has 0 spiro atoms. The van der Waals surface area contributed by atoms with Crippen molar-refractivity contribution in [2.75, 3.05) is 0 Å². The number of thiocarbonyl (C=S) groups is 1. The molecule has 5 nitrogen and oxygen atoms in total. The van der Waals surface area contributed by atoms with Crippen LogP contribution in [0.3, 0.4) is 0 Å². The molecule has 2 aromatic rings. The van der Waals surface area contributed by atoms with Gasteiger partial charge in [-0.2, -0.15) is 5.21 Å². The largest absolute Gasteiger partial charge is 0.398 e. The summed E-state index contributed by atoms with van der Waals surface area (Å²) >= 11 is 9.94. The first-order valence-corrected chi connectivity index (χ1v) is 11.6. The number of thiol groups is 1. The Bertz CT molecular complexity index is 1100. The molecule has 0 aliphatic carbocycles. The number of aliphatic imine (C=N–C) groups is 1. The summed E-state index contributed by atoms with van der Waals surface area (Å²) in [6.07, 6.45) is 4.51. The molecule has 0 saturated heterocycles. The van der Waals surface area contributed by atoms with Crippen LogP contribution in [0.4, 0.5) is 5.69 Å². The summed E-state index contributed by atoms with van der Waals surface area (Å²) in [5, 5.41) is 10.5. The number of hydroxylamine groups is 1. The molecule has 0 aromatic heterocycles. The van der Waals surface area contributed by atoms with Gasteiger partial charge in [-0.1, -0.05) is 60.1 Å². The minimum absolute atomic E-state index is 0.113. The van der Waals surface area contributed by atoms with Gasteiger partial charge in [0.05, 0.1) is 29.1 Å². The zero-order valence-corrected chi connectivity index (χ0v) is 21.3. The molecule has 33 heavy (non-hydrogen) atoms. The molecule has 2 rings (SSSR count). The molecule has 0 fully saturated rings. The minimum atomic E-state index is -0.507. The molecule has 1 unspecified atom stereocenters. The Morgan fingerprint density at radius 3 is 2.12 bits per heavy atom. The van der Waals surface area contributed by atoms with E-state index in [4.69, 9.17) is 28.7 Å². The number of nitrogens with two attached hydrogens (primary N) is 2. The number of nitrogens with zero attached hydrogens (tertiary/aromatic N) is 2. The third-order valence-corrected chi connectivity index (χ3v) is 6.29. The third-order valence-electron chi connectivity index (χ3n) is 5.29. The smallest absolute Gasteiger partial charge is 0.177 e. The second-order valence-corrected chi connectivity index (χ2v) is 9.01. The molecular weight excluding hydrogens is 448 g/mol. The SMILES string of the molecule is C=C(N)C(=N/C(=C\C)c1ccc([N+](O)(S)C(C)C)cc1)C(=S)/C=C(\N)c1ccc(CC)cc1. The molecule has 0 amide bonds. The first-order chi connectivity index (χ1) is 15.5. The molecule has 0 bridgehead atoms. The standard InChI is InChI=1S/C26H32N4OS2/c1-6-19-8-10-20(11-9-19)23(28)16-25(32)26(18(5)27)29-24(7-2)21-12-14-22(15-13-21)30(31,33)17(3)4/h7-17,31,33H,5-6,27H2,1-4H3,(H-,28,32)/p+1/b24-7-,29-26?. The Labute approximate surface area is 207 Å². The number of hydrogen-bond donors (Lipinski definition) is 4. The van der Waals surface area contributed by atoms with Crippen LogP contribution in [0.2, 0.25) is 0 Å². The van der Waals surface area contributed by atoms with Gasteiger partial charge in [-0.15, -0.1) is 0 Å². The average Bonchev–Trinajstić information content (AvgIpc) is 2.79. The van der Waals surface area contributed by atoms with E-state index in [0.29, 0.717) is 27.7 Å². The van der Waals surface area contributed by atoms with E-state index in [9.17, 15) is 5.21 Å². The summed E-state index contributed by atoms with van der Waals surface area (Å²) in [5.74, 6) is 0. The molecule has 0 radical (unpaired) electrons. The van der Waals surface area contributed by atoms with Crippen molar-refractivity contribution < 1.29 is 5.21 Å². The predicted molar refractivity (Wildman–Crippen MR) is 149 cm³/mol. The van der Waals surface area contributed by atoms with Crippen LogP contribution in [0.5, 0.6) is 0 Å². The van der Waals surface area contributed by atoms with Crippen LogP contribution in [0.15, 0.2) is 78.0 Å². The molecule has 1 atom stereocenters. The molecule has 0 heterocycles. The summed E-state index contributed by atoms with van der Waals surface area (Å²) in [5.41, 5.74) is 17.8. The summed E-state index contributed by atoms with van der Waals surface area (Å²) < 4.78 is -0.507. The molecule has 0 aliphatic rings. The molecule has 0 aliphatic heterocycles. The Hall–Kier alpha value is -2.71. The topological polar surface area (TPSA) is 84.6 Å². The summed E-state index contributed by atoms with van der Waals surface area (Å²) in [6, 6.07) is 15.3. The van der Waals surface area contributed by atoms with Gasteiger partial charge in [0.1, 0.15) is 11.8 Å². The van der Waals surface area contributed by atoms with Gasteiger partial charge in [0.15, 0.2) is 5.69 Å². The molecule has 7 heteroatoms. The zero-order chi connectivity index (χ0) is 24.8. The number of aryl methyl sites for hydroxylation is 1. The van der Waals surface area contributed by atoms with Gasteiger partial charge in [0.25, 0.3) is 0 Å². The average molecular weight is 482 g/mol. The van der Waals surface area contributed by atoms with E-state index in [1.807, 2.05) is 75.4 Å². The minimum Gasteiger partial charge on any atom is -0.398 e. The Morgan fingerprint density at radius 2 is 1.67 bits per heavy atom. The van der Waals surface area contributed by atoms with E-state index < -0.39 is 4.05 Å². The fourth-order valence-electron chi connectivity index (χ4n) is 3.08. The van der Waals surface area contributed by atoms with Crippen molar-refractivity contribution in [2.45, 2.75) is 40.2 Å². The van der Waals surface area contributed by atoms with E-state index in [1.54, 1.807) is 6.08 Å². The van der Waals surface area contributed by atoms with E-state index in [2.05, 4.69) is 26.3 Å². The lowest BCUT2D eigenvalue weighted by Gasteiger charge is -2.26.